The van der Waals surface area contributed by atoms with Gasteiger partial charge in [-0.3, -0.25) is 9.59 Å². The molecule has 0 radical (unpaired) electrons. The molecule has 0 aliphatic rings. The van der Waals surface area contributed by atoms with E-state index >= 15 is 0 Å². The number of rotatable bonds is 8. The molecule has 0 spiro atoms. The molecule has 3 rings (SSSR count). The van der Waals surface area contributed by atoms with Gasteiger partial charge in [-0.1, -0.05) is 60.1 Å². The van der Waals surface area contributed by atoms with Crippen LogP contribution in [0.15, 0.2) is 77.7 Å². The average Bonchev–Trinajstić information content (AvgIpc) is 2.71. The number of carbonyl (C=O) groups excluding carboxylic acids is 1. The minimum Gasteiger partial charge on any atom is -0.367 e. The lowest BCUT2D eigenvalue weighted by atomic mass is 10.1. The highest BCUT2D eigenvalue weighted by Gasteiger charge is 2.04. The number of pyridine rings is 1. The summed E-state index contributed by atoms with van der Waals surface area (Å²) in [5.74, 6) is -0.188. The van der Waals surface area contributed by atoms with Crippen molar-refractivity contribution in [1.29, 1.82) is 0 Å². The first-order valence-electron chi connectivity index (χ1n) is 8.93. The van der Waals surface area contributed by atoms with Crippen molar-refractivity contribution in [3.8, 4) is 0 Å². The quantitative estimate of drug-likeness (QED) is 0.635. The van der Waals surface area contributed by atoms with E-state index in [1.54, 1.807) is 22.9 Å². The fourth-order valence-electron chi connectivity index (χ4n) is 2.67. The van der Waals surface area contributed by atoms with Crippen LogP contribution in [0.4, 0.5) is 0 Å². The number of halogens is 1. The third-order valence-corrected chi connectivity index (χ3v) is 4.58. The second-order valence-corrected chi connectivity index (χ2v) is 6.75. The maximum atomic E-state index is 11.9. The van der Waals surface area contributed by atoms with E-state index in [0.717, 1.165) is 16.7 Å². The fraction of sp³-hybridized carbons (Fsp3) is 0.182. The van der Waals surface area contributed by atoms with Gasteiger partial charge in [-0.2, -0.15) is 0 Å². The van der Waals surface area contributed by atoms with E-state index in [9.17, 15) is 9.59 Å². The summed E-state index contributed by atoms with van der Waals surface area (Å²) in [5, 5.41) is 3.45. The predicted octanol–water partition coefficient (Wildman–Crippen LogP) is 3.38. The summed E-state index contributed by atoms with van der Waals surface area (Å²) in [6.45, 7) is 1.20. The molecule has 0 saturated carbocycles. The number of carbonyl (C=O) groups is 1. The van der Waals surface area contributed by atoms with Gasteiger partial charge in [0.15, 0.2) is 0 Å². The van der Waals surface area contributed by atoms with Crippen molar-refractivity contribution >= 4 is 17.5 Å². The summed E-state index contributed by atoms with van der Waals surface area (Å²) in [6.07, 6.45) is 1.76. The summed E-state index contributed by atoms with van der Waals surface area (Å²) in [5.41, 5.74) is 2.82. The minimum absolute atomic E-state index is 0.0275. The zero-order valence-corrected chi connectivity index (χ0v) is 16.1. The molecule has 144 valence electrons. The third kappa shape index (κ3) is 5.81. The monoisotopic (exact) mass is 396 g/mol. The van der Waals surface area contributed by atoms with Gasteiger partial charge in [-0.05, 0) is 28.8 Å². The van der Waals surface area contributed by atoms with Gasteiger partial charge in [0.05, 0.1) is 13.2 Å². The topological polar surface area (TPSA) is 60.3 Å². The van der Waals surface area contributed by atoms with Gasteiger partial charge in [0.2, 0.25) is 5.91 Å². The highest BCUT2D eigenvalue weighted by Crippen LogP contribution is 2.15. The van der Waals surface area contributed by atoms with E-state index in [0.29, 0.717) is 24.7 Å². The molecule has 2 aromatic carbocycles. The molecule has 6 heteroatoms. The van der Waals surface area contributed by atoms with E-state index in [1.807, 2.05) is 48.5 Å². The highest BCUT2D eigenvalue weighted by molar-refractivity contribution is 6.31. The Bertz CT molecular complexity index is 983. The summed E-state index contributed by atoms with van der Waals surface area (Å²) in [4.78, 5) is 23.7. The molecule has 1 heterocycles. The van der Waals surface area contributed by atoms with E-state index in [4.69, 9.17) is 16.3 Å². The van der Waals surface area contributed by atoms with Gasteiger partial charge >= 0.3 is 0 Å². The molecule has 0 unspecified atom stereocenters. The largest absolute Gasteiger partial charge is 0.367 e. The standard InChI is InChI=1S/C22H21ClN2O3/c23-20-6-2-1-5-19(20)15-28-16-21(26)24-13-17-8-10-18(11-9-17)14-25-12-4-3-7-22(25)27/h1-12H,13-16H2,(H,24,26). The van der Waals surface area contributed by atoms with E-state index in [1.165, 1.54) is 6.07 Å². The molecular formula is C22H21ClN2O3. The van der Waals surface area contributed by atoms with Crippen LogP contribution in [0.25, 0.3) is 0 Å². The molecule has 0 saturated heterocycles. The Morgan fingerprint density at radius 1 is 0.964 bits per heavy atom. The molecule has 28 heavy (non-hydrogen) atoms. The van der Waals surface area contributed by atoms with E-state index in [-0.39, 0.29) is 18.1 Å². The lowest BCUT2D eigenvalue weighted by molar-refractivity contribution is -0.126. The smallest absolute Gasteiger partial charge is 0.250 e. The van der Waals surface area contributed by atoms with Gasteiger partial charge in [0.1, 0.15) is 6.61 Å². The van der Waals surface area contributed by atoms with Crippen LogP contribution in [-0.4, -0.2) is 17.1 Å². The molecule has 0 aliphatic carbocycles. The summed E-state index contributed by atoms with van der Waals surface area (Å²) in [6, 6.07) is 20.3. The second-order valence-electron chi connectivity index (χ2n) is 6.34. The number of benzene rings is 2. The van der Waals surface area contributed by atoms with Crippen molar-refractivity contribution in [2.75, 3.05) is 6.61 Å². The molecular weight excluding hydrogens is 376 g/mol. The van der Waals surface area contributed by atoms with Crippen LogP contribution in [0.1, 0.15) is 16.7 Å². The van der Waals surface area contributed by atoms with E-state index in [2.05, 4.69) is 5.32 Å². The lowest BCUT2D eigenvalue weighted by Crippen LogP contribution is -2.27. The fourth-order valence-corrected chi connectivity index (χ4v) is 2.86. The summed E-state index contributed by atoms with van der Waals surface area (Å²) >= 11 is 6.05. The van der Waals surface area contributed by atoms with Crippen molar-refractivity contribution in [2.45, 2.75) is 19.7 Å². The van der Waals surface area contributed by atoms with Crippen LogP contribution < -0.4 is 10.9 Å². The van der Waals surface area contributed by atoms with Gasteiger partial charge in [0, 0.05) is 23.8 Å². The number of hydrogen-bond donors (Lipinski definition) is 1. The predicted molar refractivity (Wildman–Crippen MR) is 109 cm³/mol. The van der Waals surface area contributed by atoms with Gasteiger partial charge in [-0.15, -0.1) is 0 Å². The third-order valence-electron chi connectivity index (χ3n) is 4.21. The van der Waals surface area contributed by atoms with Crippen molar-refractivity contribution in [3.05, 3.63) is 105 Å². The Labute approximate surface area is 168 Å². The number of amides is 1. The van der Waals surface area contributed by atoms with Crippen LogP contribution in [0.3, 0.4) is 0 Å². The molecule has 1 aromatic heterocycles. The normalized spacial score (nSPS) is 10.6. The molecule has 3 aromatic rings. The van der Waals surface area contributed by atoms with Crippen LogP contribution in [0, 0.1) is 0 Å². The Morgan fingerprint density at radius 2 is 1.68 bits per heavy atom. The van der Waals surface area contributed by atoms with E-state index < -0.39 is 0 Å². The SMILES string of the molecule is O=C(COCc1ccccc1Cl)NCc1ccc(Cn2ccccc2=O)cc1. The molecule has 0 atom stereocenters. The molecule has 0 aliphatic heterocycles. The molecule has 0 bridgehead atoms. The average molecular weight is 397 g/mol. The zero-order chi connectivity index (χ0) is 19.8. The summed E-state index contributed by atoms with van der Waals surface area (Å²) < 4.78 is 7.06. The number of ether oxygens (including phenoxy) is 1. The van der Waals surface area contributed by atoms with Crippen molar-refractivity contribution in [3.63, 3.8) is 0 Å². The lowest BCUT2D eigenvalue weighted by Gasteiger charge is -2.09. The van der Waals surface area contributed by atoms with Crippen molar-refractivity contribution in [1.82, 2.24) is 9.88 Å². The Hall–Kier alpha value is -2.89. The molecule has 5 nitrogen and oxygen atoms in total. The highest BCUT2D eigenvalue weighted by atomic mass is 35.5. The van der Waals surface area contributed by atoms with Crippen LogP contribution in [-0.2, 0) is 29.2 Å². The number of nitrogens with zero attached hydrogens (tertiary/aromatic N) is 1. The van der Waals surface area contributed by atoms with Gasteiger partial charge in [-0.25, -0.2) is 0 Å². The second kappa shape index (κ2) is 9.88. The Balaban J connectivity index is 1.43. The Kier molecular flexibility index (Phi) is 7.00. The molecule has 1 N–H and O–H groups in total. The number of aromatic nitrogens is 1. The maximum Gasteiger partial charge on any atom is 0.250 e. The first-order chi connectivity index (χ1) is 13.6. The van der Waals surface area contributed by atoms with Crippen LogP contribution >= 0.6 is 11.6 Å². The minimum atomic E-state index is -0.188. The Morgan fingerprint density at radius 3 is 2.43 bits per heavy atom. The first-order valence-corrected chi connectivity index (χ1v) is 9.31. The zero-order valence-electron chi connectivity index (χ0n) is 15.3. The van der Waals surface area contributed by atoms with Crippen LogP contribution in [0.2, 0.25) is 5.02 Å². The first kappa shape index (κ1) is 19.9. The number of hydrogen-bond acceptors (Lipinski definition) is 3. The van der Waals surface area contributed by atoms with Crippen LogP contribution in [0.5, 0.6) is 0 Å². The van der Waals surface area contributed by atoms with Crippen molar-refractivity contribution < 1.29 is 9.53 Å². The van der Waals surface area contributed by atoms with Crippen molar-refractivity contribution in [2.24, 2.45) is 0 Å². The van der Waals surface area contributed by atoms with Gasteiger partial charge in [0.25, 0.3) is 5.56 Å². The molecule has 1 amide bonds. The summed E-state index contributed by atoms with van der Waals surface area (Å²) in [7, 11) is 0. The number of nitrogens with one attached hydrogen (secondary N) is 1. The van der Waals surface area contributed by atoms with Gasteiger partial charge < -0.3 is 14.6 Å². The molecule has 0 fully saturated rings. The maximum absolute atomic E-state index is 11.9.